The second-order valence-electron chi connectivity index (χ2n) is 6.25. The quantitative estimate of drug-likeness (QED) is 0.883. The number of ether oxygens (including phenoxy) is 1. The van der Waals surface area contributed by atoms with E-state index in [4.69, 9.17) is 4.74 Å². The summed E-state index contributed by atoms with van der Waals surface area (Å²) in [6, 6.07) is 7.67. The van der Waals surface area contributed by atoms with Crippen molar-refractivity contribution in [3.05, 3.63) is 23.8 Å². The van der Waals surface area contributed by atoms with Gasteiger partial charge in [-0.1, -0.05) is 12.5 Å². The zero-order valence-electron chi connectivity index (χ0n) is 12.6. The molecule has 3 unspecified atom stereocenters. The van der Waals surface area contributed by atoms with Crippen LogP contribution in [-0.4, -0.2) is 25.7 Å². The normalized spacial score (nSPS) is 29.6. The Bertz CT molecular complexity index is 454. The highest BCUT2D eigenvalue weighted by atomic mass is 16.5. The Morgan fingerprint density at radius 2 is 2.10 bits per heavy atom. The van der Waals surface area contributed by atoms with E-state index in [2.05, 4.69) is 35.8 Å². The van der Waals surface area contributed by atoms with Crippen LogP contribution in [0.25, 0.3) is 0 Å². The Balaban J connectivity index is 1.74. The second kappa shape index (κ2) is 6.04. The predicted molar refractivity (Wildman–Crippen MR) is 83.5 cm³/mol. The summed E-state index contributed by atoms with van der Waals surface area (Å²) >= 11 is 0. The highest BCUT2D eigenvalue weighted by Gasteiger charge is 2.35. The third-order valence-electron chi connectivity index (χ3n) is 4.88. The van der Waals surface area contributed by atoms with Crippen LogP contribution in [0.4, 0.5) is 5.69 Å². The van der Waals surface area contributed by atoms with Crippen LogP contribution in [0.5, 0.6) is 5.75 Å². The summed E-state index contributed by atoms with van der Waals surface area (Å²) in [5.74, 6) is 1.73. The van der Waals surface area contributed by atoms with E-state index in [-0.39, 0.29) is 0 Å². The molecule has 2 aliphatic rings. The molecule has 1 aromatic carbocycles. The van der Waals surface area contributed by atoms with Gasteiger partial charge < -0.3 is 15.4 Å². The molecule has 110 valence electrons. The zero-order chi connectivity index (χ0) is 13.9. The third-order valence-corrected chi connectivity index (χ3v) is 4.88. The van der Waals surface area contributed by atoms with Gasteiger partial charge in [0.15, 0.2) is 0 Å². The molecule has 20 heavy (non-hydrogen) atoms. The van der Waals surface area contributed by atoms with Crippen LogP contribution < -0.4 is 15.4 Å². The molecule has 0 aromatic heterocycles. The van der Waals surface area contributed by atoms with Crippen molar-refractivity contribution in [2.24, 2.45) is 5.92 Å². The lowest BCUT2D eigenvalue weighted by molar-refractivity contribution is 0.373. The fraction of sp³-hybridized carbons (Fsp3) is 0.647. The number of benzene rings is 1. The molecule has 1 aliphatic carbocycles. The van der Waals surface area contributed by atoms with Crippen LogP contribution in [0.2, 0.25) is 0 Å². The predicted octanol–water partition coefficient (Wildman–Crippen LogP) is 3.34. The van der Waals surface area contributed by atoms with E-state index in [9.17, 15) is 0 Å². The number of nitrogens with one attached hydrogen (secondary N) is 2. The Morgan fingerprint density at radius 3 is 2.85 bits per heavy atom. The van der Waals surface area contributed by atoms with E-state index < -0.39 is 0 Å². The van der Waals surface area contributed by atoms with Gasteiger partial charge in [-0.05, 0) is 62.8 Å². The van der Waals surface area contributed by atoms with Crippen molar-refractivity contribution in [2.75, 3.05) is 19.0 Å². The summed E-state index contributed by atoms with van der Waals surface area (Å²) in [4.78, 5) is 0. The summed E-state index contributed by atoms with van der Waals surface area (Å²) in [5.41, 5.74) is 2.43. The molecule has 2 fully saturated rings. The first kappa shape index (κ1) is 13.7. The van der Waals surface area contributed by atoms with Gasteiger partial charge in [0.1, 0.15) is 5.75 Å². The first-order valence-corrected chi connectivity index (χ1v) is 7.92. The van der Waals surface area contributed by atoms with Gasteiger partial charge in [-0.3, -0.25) is 0 Å². The zero-order valence-corrected chi connectivity index (χ0v) is 12.6. The van der Waals surface area contributed by atoms with E-state index in [1.807, 2.05) is 0 Å². The Labute approximate surface area is 122 Å². The van der Waals surface area contributed by atoms with Gasteiger partial charge in [0, 0.05) is 12.1 Å². The standard InChI is InChI=1S/C17H26N2O/c1-12-8-9-17(20-2)16(11-12)19-15-6-3-5-13(15)14-7-4-10-18-14/h8-9,11,13-15,18-19H,3-7,10H2,1-2H3. The fourth-order valence-corrected chi connectivity index (χ4v) is 3.86. The number of hydrogen-bond acceptors (Lipinski definition) is 3. The van der Waals surface area contributed by atoms with E-state index in [1.54, 1.807) is 7.11 Å². The largest absolute Gasteiger partial charge is 0.495 e. The van der Waals surface area contributed by atoms with Crippen molar-refractivity contribution in [3.63, 3.8) is 0 Å². The molecule has 3 rings (SSSR count). The minimum atomic E-state index is 0.585. The van der Waals surface area contributed by atoms with Gasteiger partial charge in [0.05, 0.1) is 12.8 Å². The van der Waals surface area contributed by atoms with Gasteiger partial charge in [-0.25, -0.2) is 0 Å². The summed E-state index contributed by atoms with van der Waals surface area (Å²) in [5, 5.41) is 7.45. The highest BCUT2D eigenvalue weighted by molar-refractivity contribution is 5.58. The monoisotopic (exact) mass is 274 g/mol. The van der Waals surface area contributed by atoms with Crippen LogP contribution in [0.3, 0.4) is 0 Å². The van der Waals surface area contributed by atoms with Crippen LogP contribution in [0.15, 0.2) is 18.2 Å². The molecule has 0 amide bonds. The first-order chi connectivity index (χ1) is 9.78. The molecule has 3 heteroatoms. The van der Waals surface area contributed by atoms with Crippen molar-refractivity contribution in [1.29, 1.82) is 0 Å². The number of methoxy groups -OCH3 is 1. The molecule has 0 radical (unpaired) electrons. The fourth-order valence-electron chi connectivity index (χ4n) is 3.86. The summed E-state index contributed by atoms with van der Waals surface area (Å²) < 4.78 is 5.49. The van der Waals surface area contributed by atoms with Crippen LogP contribution in [0.1, 0.15) is 37.7 Å². The minimum absolute atomic E-state index is 0.585. The Hall–Kier alpha value is -1.22. The lowest BCUT2D eigenvalue weighted by Gasteiger charge is -2.28. The van der Waals surface area contributed by atoms with E-state index in [0.717, 1.165) is 17.4 Å². The highest BCUT2D eigenvalue weighted by Crippen LogP contribution is 2.36. The second-order valence-corrected chi connectivity index (χ2v) is 6.25. The van der Waals surface area contributed by atoms with Crippen molar-refractivity contribution in [3.8, 4) is 5.75 Å². The average molecular weight is 274 g/mol. The van der Waals surface area contributed by atoms with E-state index in [1.165, 1.54) is 44.2 Å². The van der Waals surface area contributed by atoms with E-state index in [0.29, 0.717) is 12.1 Å². The Kier molecular flexibility index (Phi) is 4.16. The molecule has 0 spiro atoms. The maximum Gasteiger partial charge on any atom is 0.141 e. The smallest absolute Gasteiger partial charge is 0.141 e. The Morgan fingerprint density at radius 1 is 1.20 bits per heavy atom. The van der Waals surface area contributed by atoms with Gasteiger partial charge >= 0.3 is 0 Å². The topological polar surface area (TPSA) is 33.3 Å². The molecular formula is C17H26N2O. The summed E-state index contributed by atoms with van der Waals surface area (Å²) in [6.45, 7) is 3.33. The minimum Gasteiger partial charge on any atom is -0.495 e. The van der Waals surface area contributed by atoms with Crippen LogP contribution in [-0.2, 0) is 0 Å². The third kappa shape index (κ3) is 2.78. The first-order valence-electron chi connectivity index (χ1n) is 7.92. The summed E-state index contributed by atoms with van der Waals surface area (Å²) in [7, 11) is 1.75. The van der Waals surface area contributed by atoms with Gasteiger partial charge in [0.2, 0.25) is 0 Å². The number of rotatable bonds is 4. The van der Waals surface area contributed by atoms with Gasteiger partial charge in [-0.2, -0.15) is 0 Å². The lowest BCUT2D eigenvalue weighted by Crippen LogP contribution is -2.38. The molecule has 3 nitrogen and oxygen atoms in total. The molecule has 1 heterocycles. The van der Waals surface area contributed by atoms with Crippen molar-refractivity contribution in [1.82, 2.24) is 5.32 Å². The molecule has 1 saturated heterocycles. The molecule has 0 bridgehead atoms. The number of aryl methyl sites for hydroxylation is 1. The van der Waals surface area contributed by atoms with Crippen molar-refractivity contribution >= 4 is 5.69 Å². The SMILES string of the molecule is COc1ccc(C)cc1NC1CCCC1C1CCCN1. The maximum absolute atomic E-state index is 5.49. The molecule has 1 aromatic rings. The lowest BCUT2D eigenvalue weighted by atomic mass is 9.93. The van der Waals surface area contributed by atoms with E-state index >= 15 is 0 Å². The van der Waals surface area contributed by atoms with Crippen LogP contribution >= 0.6 is 0 Å². The van der Waals surface area contributed by atoms with Gasteiger partial charge in [0.25, 0.3) is 0 Å². The van der Waals surface area contributed by atoms with Crippen molar-refractivity contribution < 1.29 is 4.74 Å². The van der Waals surface area contributed by atoms with Crippen molar-refractivity contribution in [2.45, 2.75) is 51.1 Å². The number of anilines is 1. The van der Waals surface area contributed by atoms with Gasteiger partial charge in [-0.15, -0.1) is 0 Å². The molecule has 3 atom stereocenters. The maximum atomic E-state index is 5.49. The molecule has 1 aliphatic heterocycles. The molecule has 1 saturated carbocycles. The number of hydrogen-bond donors (Lipinski definition) is 2. The average Bonchev–Trinajstić information content (AvgIpc) is 3.09. The summed E-state index contributed by atoms with van der Waals surface area (Å²) in [6.07, 6.45) is 6.65. The molecular weight excluding hydrogens is 248 g/mol. The molecule has 2 N–H and O–H groups in total. The van der Waals surface area contributed by atoms with Crippen LogP contribution in [0, 0.1) is 12.8 Å².